The molecule has 0 amide bonds. The van der Waals surface area contributed by atoms with Gasteiger partial charge in [0.05, 0.1) is 0 Å². The minimum absolute atomic E-state index is 0.156. The lowest BCUT2D eigenvalue weighted by Gasteiger charge is -2.47. The monoisotopic (exact) mass is 293 g/mol. The highest BCUT2D eigenvalue weighted by Crippen LogP contribution is 2.27. The van der Waals surface area contributed by atoms with E-state index in [0.717, 1.165) is 51.3 Å². The summed E-state index contributed by atoms with van der Waals surface area (Å²) >= 11 is 0. The standard InChI is InChI=1S/C17H28FN3/c1-3-9-17(4-2,14-19)21-12-10-20(11-13-21)16-7-5-15(18)6-8-16/h5-8H,3-4,9-14,19H2,1-2H3. The summed E-state index contributed by atoms with van der Waals surface area (Å²) in [6.45, 7) is 9.23. The van der Waals surface area contributed by atoms with Gasteiger partial charge in [-0.1, -0.05) is 20.3 Å². The molecular weight excluding hydrogens is 265 g/mol. The molecule has 1 aliphatic rings. The molecule has 1 saturated heterocycles. The Hall–Kier alpha value is -1.13. The van der Waals surface area contributed by atoms with Crippen LogP contribution in [0.1, 0.15) is 33.1 Å². The van der Waals surface area contributed by atoms with Crippen molar-refractivity contribution in [2.75, 3.05) is 37.6 Å². The number of halogens is 1. The number of rotatable bonds is 6. The topological polar surface area (TPSA) is 32.5 Å². The van der Waals surface area contributed by atoms with Gasteiger partial charge in [0.2, 0.25) is 0 Å². The molecule has 1 unspecified atom stereocenters. The predicted octanol–water partition coefficient (Wildman–Crippen LogP) is 2.86. The predicted molar refractivity (Wildman–Crippen MR) is 87.2 cm³/mol. The Bertz CT molecular complexity index is 420. The van der Waals surface area contributed by atoms with Gasteiger partial charge in [0, 0.05) is 44.0 Å². The summed E-state index contributed by atoms with van der Waals surface area (Å²) < 4.78 is 13.0. The summed E-state index contributed by atoms with van der Waals surface area (Å²) in [6.07, 6.45) is 3.44. The van der Waals surface area contributed by atoms with Gasteiger partial charge < -0.3 is 10.6 Å². The molecule has 0 saturated carbocycles. The Labute approximate surface area is 127 Å². The first-order chi connectivity index (χ1) is 10.1. The minimum atomic E-state index is -0.173. The van der Waals surface area contributed by atoms with E-state index in [4.69, 9.17) is 5.73 Å². The molecule has 0 spiro atoms. The smallest absolute Gasteiger partial charge is 0.123 e. The second-order valence-electron chi connectivity index (χ2n) is 5.98. The first-order valence-corrected chi connectivity index (χ1v) is 8.11. The van der Waals surface area contributed by atoms with E-state index in [1.165, 1.54) is 18.6 Å². The van der Waals surface area contributed by atoms with Crippen LogP contribution < -0.4 is 10.6 Å². The highest BCUT2D eigenvalue weighted by molar-refractivity contribution is 5.46. The molecule has 0 radical (unpaired) electrons. The molecule has 1 aromatic rings. The summed E-state index contributed by atoms with van der Waals surface area (Å²) in [5.41, 5.74) is 7.37. The zero-order valence-electron chi connectivity index (χ0n) is 13.3. The van der Waals surface area contributed by atoms with Crippen molar-refractivity contribution >= 4 is 5.69 Å². The van der Waals surface area contributed by atoms with E-state index in [0.29, 0.717) is 0 Å². The Morgan fingerprint density at radius 2 is 1.71 bits per heavy atom. The van der Waals surface area contributed by atoms with E-state index in [1.54, 1.807) is 0 Å². The van der Waals surface area contributed by atoms with Crippen LogP contribution in [0.5, 0.6) is 0 Å². The van der Waals surface area contributed by atoms with Gasteiger partial charge in [0.15, 0.2) is 0 Å². The number of anilines is 1. The summed E-state index contributed by atoms with van der Waals surface area (Å²) in [5, 5.41) is 0. The van der Waals surface area contributed by atoms with Crippen LogP contribution in [0.2, 0.25) is 0 Å². The maximum Gasteiger partial charge on any atom is 0.123 e. The van der Waals surface area contributed by atoms with Gasteiger partial charge >= 0.3 is 0 Å². The van der Waals surface area contributed by atoms with Crippen LogP contribution in [0.15, 0.2) is 24.3 Å². The van der Waals surface area contributed by atoms with Crippen LogP contribution in [0.25, 0.3) is 0 Å². The van der Waals surface area contributed by atoms with Gasteiger partial charge in [-0.05, 0) is 37.1 Å². The molecule has 21 heavy (non-hydrogen) atoms. The molecule has 2 rings (SSSR count). The molecule has 118 valence electrons. The van der Waals surface area contributed by atoms with Crippen molar-refractivity contribution in [2.45, 2.75) is 38.6 Å². The second-order valence-corrected chi connectivity index (χ2v) is 5.98. The number of hydrogen-bond donors (Lipinski definition) is 1. The average Bonchev–Trinajstić information content (AvgIpc) is 2.54. The fourth-order valence-electron chi connectivity index (χ4n) is 3.49. The van der Waals surface area contributed by atoms with Gasteiger partial charge in [0.25, 0.3) is 0 Å². The minimum Gasteiger partial charge on any atom is -0.369 e. The summed E-state index contributed by atoms with van der Waals surface area (Å²) in [6, 6.07) is 6.81. The Kier molecular flexibility index (Phi) is 5.59. The molecule has 4 heteroatoms. The summed E-state index contributed by atoms with van der Waals surface area (Å²) in [7, 11) is 0. The quantitative estimate of drug-likeness (QED) is 0.875. The van der Waals surface area contributed by atoms with Crippen LogP contribution in [0, 0.1) is 5.82 Å². The molecule has 1 heterocycles. The Morgan fingerprint density at radius 1 is 1.10 bits per heavy atom. The van der Waals surface area contributed by atoms with Gasteiger partial charge in [-0.2, -0.15) is 0 Å². The third-order valence-electron chi connectivity index (χ3n) is 4.90. The van der Waals surface area contributed by atoms with Crippen LogP contribution in [-0.4, -0.2) is 43.2 Å². The number of piperazine rings is 1. The molecule has 3 nitrogen and oxygen atoms in total. The van der Waals surface area contributed by atoms with Crippen molar-refractivity contribution in [1.29, 1.82) is 0 Å². The number of hydrogen-bond acceptors (Lipinski definition) is 3. The van der Waals surface area contributed by atoms with E-state index in [1.807, 2.05) is 12.1 Å². The molecule has 1 aliphatic heterocycles. The maximum absolute atomic E-state index is 13.0. The van der Waals surface area contributed by atoms with E-state index in [9.17, 15) is 4.39 Å². The largest absolute Gasteiger partial charge is 0.369 e. The number of benzene rings is 1. The molecule has 1 fully saturated rings. The SMILES string of the molecule is CCCC(CC)(CN)N1CCN(c2ccc(F)cc2)CC1. The van der Waals surface area contributed by atoms with Gasteiger partial charge in [-0.15, -0.1) is 0 Å². The molecule has 0 aromatic heterocycles. The lowest BCUT2D eigenvalue weighted by Crippen LogP contribution is -2.60. The third-order valence-corrected chi connectivity index (χ3v) is 4.90. The van der Waals surface area contributed by atoms with Crippen molar-refractivity contribution in [3.05, 3.63) is 30.1 Å². The van der Waals surface area contributed by atoms with Crippen molar-refractivity contribution in [3.63, 3.8) is 0 Å². The first-order valence-electron chi connectivity index (χ1n) is 8.11. The van der Waals surface area contributed by atoms with Gasteiger partial charge in [-0.3, -0.25) is 4.90 Å². The molecule has 1 atom stereocenters. The normalized spacial score (nSPS) is 19.5. The Morgan fingerprint density at radius 3 is 2.19 bits per heavy atom. The third kappa shape index (κ3) is 3.55. The lowest BCUT2D eigenvalue weighted by atomic mass is 9.88. The van der Waals surface area contributed by atoms with Crippen molar-refractivity contribution < 1.29 is 4.39 Å². The van der Waals surface area contributed by atoms with Crippen LogP contribution in [0.3, 0.4) is 0 Å². The van der Waals surface area contributed by atoms with Crippen molar-refractivity contribution in [2.24, 2.45) is 5.73 Å². The summed E-state index contributed by atoms with van der Waals surface area (Å²) in [4.78, 5) is 4.90. The maximum atomic E-state index is 13.0. The Balaban J connectivity index is 2.00. The van der Waals surface area contributed by atoms with E-state index >= 15 is 0 Å². The average molecular weight is 293 g/mol. The second kappa shape index (κ2) is 7.23. The molecule has 2 N–H and O–H groups in total. The van der Waals surface area contributed by atoms with E-state index in [2.05, 4.69) is 23.6 Å². The van der Waals surface area contributed by atoms with Gasteiger partial charge in [-0.25, -0.2) is 4.39 Å². The highest BCUT2D eigenvalue weighted by atomic mass is 19.1. The van der Waals surface area contributed by atoms with E-state index in [-0.39, 0.29) is 11.4 Å². The van der Waals surface area contributed by atoms with Crippen molar-refractivity contribution in [1.82, 2.24) is 4.90 Å². The molecule has 0 aliphatic carbocycles. The fourth-order valence-corrected chi connectivity index (χ4v) is 3.49. The van der Waals surface area contributed by atoms with Crippen LogP contribution in [0.4, 0.5) is 10.1 Å². The molecular formula is C17H28FN3. The van der Waals surface area contributed by atoms with Crippen LogP contribution >= 0.6 is 0 Å². The number of nitrogens with two attached hydrogens (primary N) is 1. The molecule has 0 bridgehead atoms. The van der Waals surface area contributed by atoms with Crippen molar-refractivity contribution in [3.8, 4) is 0 Å². The molecule has 1 aromatic carbocycles. The van der Waals surface area contributed by atoms with E-state index < -0.39 is 0 Å². The number of nitrogens with zero attached hydrogens (tertiary/aromatic N) is 2. The first kappa shape index (κ1) is 16.2. The fraction of sp³-hybridized carbons (Fsp3) is 0.647. The van der Waals surface area contributed by atoms with Gasteiger partial charge in [0.1, 0.15) is 5.82 Å². The lowest BCUT2D eigenvalue weighted by molar-refractivity contribution is 0.0734. The highest BCUT2D eigenvalue weighted by Gasteiger charge is 2.34. The zero-order chi connectivity index (χ0) is 15.3. The summed E-state index contributed by atoms with van der Waals surface area (Å²) in [5.74, 6) is -0.173. The zero-order valence-corrected chi connectivity index (χ0v) is 13.3. The van der Waals surface area contributed by atoms with Crippen LogP contribution in [-0.2, 0) is 0 Å².